The monoisotopic (exact) mass is 310 g/mol. The lowest BCUT2D eigenvalue weighted by Gasteiger charge is -2.35. The van der Waals surface area contributed by atoms with Gasteiger partial charge in [-0.3, -0.25) is 4.79 Å². The first-order chi connectivity index (χ1) is 9.24. The molecule has 8 heteroatoms. The Hall–Kier alpha value is -0.730. The second-order valence-electron chi connectivity index (χ2n) is 5.21. The van der Waals surface area contributed by atoms with E-state index in [1.165, 1.54) is 11.4 Å². The normalized spacial score (nSPS) is 20.1. The number of halogens is 1. The SMILES string of the molecule is COCCNC(=O)C1(F)CCN(S(=O)(=O)C(C)C)CC1. The molecule has 20 heavy (non-hydrogen) atoms. The topological polar surface area (TPSA) is 75.7 Å². The summed E-state index contributed by atoms with van der Waals surface area (Å²) in [4.78, 5) is 11.8. The standard InChI is InChI=1S/C12H23FN2O4S/c1-10(2)20(17,18)15-7-4-12(13,5-8-15)11(16)14-6-9-19-3/h10H,4-9H2,1-3H3,(H,14,16). The predicted molar refractivity (Wildman–Crippen MR) is 73.6 cm³/mol. The summed E-state index contributed by atoms with van der Waals surface area (Å²) in [6, 6.07) is 0. The molecule has 1 fully saturated rings. The van der Waals surface area contributed by atoms with Crippen LogP contribution < -0.4 is 5.32 Å². The lowest BCUT2D eigenvalue weighted by molar-refractivity contribution is -0.135. The zero-order valence-electron chi connectivity index (χ0n) is 12.2. The van der Waals surface area contributed by atoms with Crippen molar-refractivity contribution in [1.82, 2.24) is 9.62 Å². The molecule has 1 aliphatic heterocycles. The smallest absolute Gasteiger partial charge is 0.257 e. The van der Waals surface area contributed by atoms with Gasteiger partial charge in [0.25, 0.3) is 5.91 Å². The molecule has 0 atom stereocenters. The maximum absolute atomic E-state index is 14.5. The fraction of sp³-hybridized carbons (Fsp3) is 0.917. The molecule has 6 nitrogen and oxygen atoms in total. The minimum atomic E-state index is -3.38. The second kappa shape index (κ2) is 6.82. The van der Waals surface area contributed by atoms with Crippen LogP contribution in [0.15, 0.2) is 0 Å². The number of carbonyl (C=O) groups is 1. The molecular formula is C12H23FN2O4S. The molecule has 0 aromatic rings. The van der Waals surface area contributed by atoms with Crippen LogP contribution in [0.25, 0.3) is 0 Å². The van der Waals surface area contributed by atoms with Crippen LogP contribution in [-0.2, 0) is 19.6 Å². The third-order valence-electron chi connectivity index (χ3n) is 3.47. The molecule has 0 aliphatic carbocycles. The fourth-order valence-corrected chi connectivity index (χ4v) is 3.33. The lowest BCUT2D eigenvalue weighted by Crippen LogP contribution is -2.53. The largest absolute Gasteiger partial charge is 0.383 e. The van der Waals surface area contributed by atoms with E-state index in [0.717, 1.165) is 0 Å². The second-order valence-corrected chi connectivity index (χ2v) is 7.70. The van der Waals surface area contributed by atoms with Gasteiger partial charge in [-0.1, -0.05) is 0 Å². The highest BCUT2D eigenvalue weighted by molar-refractivity contribution is 7.89. The van der Waals surface area contributed by atoms with Gasteiger partial charge in [-0.15, -0.1) is 0 Å². The Balaban J connectivity index is 2.58. The summed E-state index contributed by atoms with van der Waals surface area (Å²) in [7, 11) is -1.89. The molecular weight excluding hydrogens is 287 g/mol. The number of amides is 1. The van der Waals surface area contributed by atoms with Crippen molar-refractivity contribution in [1.29, 1.82) is 0 Å². The van der Waals surface area contributed by atoms with Crippen LogP contribution in [0.1, 0.15) is 26.7 Å². The third-order valence-corrected chi connectivity index (χ3v) is 5.75. The van der Waals surface area contributed by atoms with Crippen molar-refractivity contribution in [3.63, 3.8) is 0 Å². The highest BCUT2D eigenvalue weighted by Gasteiger charge is 2.44. The Morgan fingerprint density at radius 1 is 1.40 bits per heavy atom. The first kappa shape index (κ1) is 17.3. The molecule has 1 N–H and O–H groups in total. The van der Waals surface area contributed by atoms with Gasteiger partial charge >= 0.3 is 0 Å². The van der Waals surface area contributed by atoms with Crippen molar-refractivity contribution in [3.8, 4) is 0 Å². The van der Waals surface area contributed by atoms with Crippen LogP contribution in [0, 0.1) is 0 Å². The molecule has 1 amide bonds. The molecule has 0 aromatic heterocycles. The summed E-state index contributed by atoms with van der Waals surface area (Å²) >= 11 is 0. The van der Waals surface area contributed by atoms with Crippen LogP contribution >= 0.6 is 0 Å². The highest BCUT2D eigenvalue weighted by atomic mass is 32.2. The molecule has 0 aromatic carbocycles. The maximum atomic E-state index is 14.5. The van der Waals surface area contributed by atoms with E-state index in [9.17, 15) is 17.6 Å². The van der Waals surface area contributed by atoms with Gasteiger partial charge in [-0.05, 0) is 13.8 Å². The number of methoxy groups -OCH3 is 1. The molecule has 0 unspecified atom stereocenters. The Bertz CT molecular complexity index is 431. The van der Waals surface area contributed by atoms with Gasteiger partial charge in [0.15, 0.2) is 5.67 Å². The number of hydrogen-bond donors (Lipinski definition) is 1. The van der Waals surface area contributed by atoms with Crippen molar-refractivity contribution in [2.75, 3.05) is 33.4 Å². The molecule has 1 heterocycles. The highest BCUT2D eigenvalue weighted by Crippen LogP contribution is 2.29. The number of ether oxygens (including phenoxy) is 1. The number of rotatable bonds is 6. The van der Waals surface area contributed by atoms with Gasteiger partial charge in [-0.2, -0.15) is 0 Å². The van der Waals surface area contributed by atoms with Gasteiger partial charge in [0, 0.05) is 39.6 Å². The summed E-state index contributed by atoms with van der Waals surface area (Å²) in [5.74, 6) is -0.684. The molecule has 0 saturated carbocycles. The summed E-state index contributed by atoms with van der Waals surface area (Å²) in [5, 5.41) is 1.93. The number of hydrogen-bond acceptors (Lipinski definition) is 4. The summed E-state index contributed by atoms with van der Waals surface area (Å²) in [6.07, 6.45) is -0.227. The number of piperidine rings is 1. The Kier molecular flexibility index (Phi) is 5.91. The Morgan fingerprint density at radius 3 is 2.40 bits per heavy atom. The molecule has 0 spiro atoms. The van der Waals surface area contributed by atoms with Gasteiger partial charge in [0.1, 0.15) is 0 Å². The third kappa shape index (κ3) is 3.89. The fourth-order valence-electron chi connectivity index (χ4n) is 2.05. The molecule has 0 radical (unpaired) electrons. The van der Waals surface area contributed by atoms with Crippen LogP contribution in [0.4, 0.5) is 4.39 Å². The number of sulfonamides is 1. The van der Waals surface area contributed by atoms with Crippen molar-refractivity contribution in [2.24, 2.45) is 0 Å². The Morgan fingerprint density at radius 2 is 1.95 bits per heavy atom. The lowest BCUT2D eigenvalue weighted by atomic mass is 9.93. The van der Waals surface area contributed by atoms with E-state index in [0.29, 0.717) is 6.61 Å². The maximum Gasteiger partial charge on any atom is 0.257 e. The zero-order valence-corrected chi connectivity index (χ0v) is 13.0. The van der Waals surface area contributed by atoms with Crippen molar-refractivity contribution in [3.05, 3.63) is 0 Å². The van der Waals surface area contributed by atoms with Crippen molar-refractivity contribution in [2.45, 2.75) is 37.6 Å². The minimum absolute atomic E-state index is 0.0364. The van der Waals surface area contributed by atoms with E-state index in [1.54, 1.807) is 13.8 Å². The summed E-state index contributed by atoms with van der Waals surface area (Å²) in [6.45, 7) is 3.81. The van der Waals surface area contributed by atoms with Gasteiger partial charge in [0.05, 0.1) is 11.9 Å². The van der Waals surface area contributed by atoms with E-state index in [2.05, 4.69) is 5.32 Å². The van der Waals surface area contributed by atoms with Gasteiger partial charge in [0.2, 0.25) is 10.0 Å². The van der Waals surface area contributed by atoms with Crippen molar-refractivity contribution >= 4 is 15.9 Å². The van der Waals surface area contributed by atoms with Gasteiger partial charge < -0.3 is 10.1 Å². The molecule has 1 aliphatic rings. The van der Waals surface area contributed by atoms with Crippen LogP contribution in [-0.4, -0.2) is 62.9 Å². The number of alkyl halides is 1. The Labute approximate surface area is 119 Å². The summed E-state index contributed by atoms with van der Waals surface area (Å²) < 4.78 is 44.4. The molecule has 118 valence electrons. The predicted octanol–water partition coefficient (Wildman–Crippen LogP) is 0.291. The zero-order chi connectivity index (χ0) is 15.4. The van der Waals surface area contributed by atoms with Crippen molar-refractivity contribution < 1.29 is 22.3 Å². The average Bonchev–Trinajstić information content (AvgIpc) is 2.39. The van der Waals surface area contributed by atoms with E-state index >= 15 is 0 Å². The number of nitrogens with one attached hydrogen (secondary N) is 1. The van der Waals surface area contributed by atoms with E-state index in [-0.39, 0.29) is 32.5 Å². The average molecular weight is 310 g/mol. The van der Waals surface area contributed by atoms with E-state index < -0.39 is 26.8 Å². The minimum Gasteiger partial charge on any atom is -0.383 e. The first-order valence-corrected chi connectivity index (χ1v) is 8.19. The van der Waals surface area contributed by atoms with Crippen LogP contribution in [0.5, 0.6) is 0 Å². The van der Waals surface area contributed by atoms with E-state index in [1.807, 2.05) is 0 Å². The molecule has 0 bridgehead atoms. The number of nitrogens with zero attached hydrogens (tertiary/aromatic N) is 1. The molecule has 1 rings (SSSR count). The van der Waals surface area contributed by atoms with E-state index in [4.69, 9.17) is 4.74 Å². The molecule has 1 saturated heterocycles. The quantitative estimate of drug-likeness (QED) is 0.716. The summed E-state index contributed by atoms with van der Waals surface area (Å²) in [5.41, 5.74) is -1.99. The van der Waals surface area contributed by atoms with Gasteiger partial charge in [-0.25, -0.2) is 17.1 Å². The van der Waals surface area contributed by atoms with Crippen LogP contribution in [0.3, 0.4) is 0 Å². The van der Waals surface area contributed by atoms with Crippen LogP contribution in [0.2, 0.25) is 0 Å². The number of carbonyl (C=O) groups excluding carboxylic acids is 1. The first-order valence-electron chi connectivity index (χ1n) is 6.69.